The number of carboxylic acid groups (broad SMARTS) is 1. The average Bonchev–Trinajstić information content (AvgIpc) is 3.18. The molecule has 1 aromatic carbocycles. The van der Waals surface area contributed by atoms with E-state index in [2.05, 4.69) is 24.0 Å². The summed E-state index contributed by atoms with van der Waals surface area (Å²) in [6.07, 6.45) is 1.54. The van der Waals surface area contributed by atoms with Crippen LogP contribution in [0.1, 0.15) is 34.2 Å². The molecule has 0 amide bonds. The summed E-state index contributed by atoms with van der Waals surface area (Å²) in [5, 5.41) is 10.2. The smallest absolute Gasteiger partial charge is 0.320 e. The zero-order chi connectivity index (χ0) is 17.3. The Hall–Kier alpha value is -1.56. The van der Waals surface area contributed by atoms with Gasteiger partial charge in [0.15, 0.2) is 0 Å². The number of likely N-dealkylation sites (tertiary alicyclic amines) is 1. The maximum absolute atomic E-state index is 11.7. The zero-order valence-electron chi connectivity index (χ0n) is 13.7. The second-order valence-corrected chi connectivity index (χ2v) is 7.73. The molecule has 2 unspecified atom stereocenters. The van der Waals surface area contributed by atoms with E-state index in [1.54, 1.807) is 24.5 Å². The highest BCUT2D eigenvalue weighted by Crippen LogP contribution is 2.42. The molecule has 1 fully saturated rings. The summed E-state index contributed by atoms with van der Waals surface area (Å²) in [6.45, 7) is 2.80. The van der Waals surface area contributed by atoms with Gasteiger partial charge in [0.05, 0.1) is 13.2 Å². The minimum absolute atomic E-state index is 0.166. The molecular formula is C18H20ClNO3S. The van der Waals surface area contributed by atoms with Crippen LogP contribution in [-0.2, 0) is 4.79 Å². The van der Waals surface area contributed by atoms with Gasteiger partial charge in [0, 0.05) is 26.9 Å². The first-order valence-electron chi connectivity index (χ1n) is 7.89. The SMILES string of the molecule is COc1ccc(Cl)cc1C(c1ccc(C)s1)N1CCCC1C(=O)O. The van der Waals surface area contributed by atoms with Crippen LogP contribution >= 0.6 is 22.9 Å². The van der Waals surface area contributed by atoms with Crippen molar-refractivity contribution in [1.82, 2.24) is 4.90 Å². The molecule has 1 aromatic heterocycles. The molecule has 1 aliphatic rings. The van der Waals surface area contributed by atoms with E-state index in [4.69, 9.17) is 16.3 Å². The normalized spacial score (nSPS) is 19.4. The number of nitrogens with zero attached hydrogens (tertiary/aromatic N) is 1. The van der Waals surface area contributed by atoms with Crippen molar-refractivity contribution in [1.29, 1.82) is 0 Å². The molecule has 0 spiro atoms. The molecular weight excluding hydrogens is 346 g/mol. The van der Waals surface area contributed by atoms with E-state index in [1.165, 1.54) is 4.88 Å². The minimum atomic E-state index is -0.772. The van der Waals surface area contributed by atoms with Gasteiger partial charge in [0.1, 0.15) is 11.8 Å². The number of benzene rings is 1. The quantitative estimate of drug-likeness (QED) is 0.855. The van der Waals surface area contributed by atoms with Crippen LogP contribution in [0.4, 0.5) is 0 Å². The van der Waals surface area contributed by atoms with Crippen LogP contribution < -0.4 is 4.74 Å². The third-order valence-corrected chi connectivity index (χ3v) is 5.72. The number of hydrogen-bond donors (Lipinski definition) is 1. The van der Waals surface area contributed by atoms with E-state index in [0.717, 1.165) is 29.2 Å². The summed E-state index contributed by atoms with van der Waals surface area (Å²) in [6, 6.07) is 9.01. The van der Waals surface area contributed by atoms with Crippen molar-refractivity contribution in [2.75, 3.05) is 13.7 Å². The second-order valence-electron chi connectivity index (χ2n) is 5.97. The molecule has 0 bridgehead atoms. The van der Waals surface area contributed by atoms with Crippen LogP contribution in [-0.4, -0.2) is 35.7 Å². The molecule has 2 atom stereocenters. The van der Waals surface area contributed by atoms with Crippen molar-refractivity contribution in [3.05, 3.63) is 50.7 Å². The fourth-order valence-corrected chi connectivity index (χ4v) is 4.58. The molecule has 24 heavy (non-hydrogen) atoms. The van der Waals surface area contributed by atoms with Crippen LogP contribution in [0, 0.1) is 6.92 Å². The molecule has 2 aromatic rings. The van der Waals surface area contributed by atoms with E-state index >= 15 is 0 Å². The van der Waals surface area contributed by atoms with Crippen molar-refractivity contribution in [2.24, 2.45) is 0 Å². The molecule has 1 saturated heterocycles. The average molecular weight is 366 g/mol. The van der Waals surface area contributed by atoms with Crippen molar-refractivity contribution in [2.45, 2.75) is 31.8 Å². The maximum atomic E-state index is 11.7. The van der Waals surface area contributed by atoms with Gasteiger partial charge in [0.25, 0.3) is 0 Å². The Labute approximate surface area is 150 Å². The van der Waals surface area contributed by atoms with E-state index in [9.17, 15) is 9.90 Å². The van der Waals surface area contributed by atoms with Crippen LogP contribution in [0.2, 0.25) is 5.02 Å². The number of rotatable bonds is 5. The number of thiophene rings is 1. The van der Waals surface area contributed by atoms with Crippen LogP contribution in [0.3, 0.4) is 0 Å². The molecule has 128 valence electrons. The number of carbonyl (C=O) groups is 1. The van der Waals surface area contributed by atoms with Gasteiger partial charge in [-0.15, -0.1) is 11.3 Å². The second kappa shape index (κ2) is 7.13. The first-order valence-corrected chi connectivity index (χ1v) is 9.09. The fourth-order valence-electron chi connectivity index (χ4n) is 3.38. The van der Waals surface area contributed by atoms with E-state index in [1.807, 2.05) is 12.1 Å². The lowest BCUT2D eigenvalue weighted by molar-refractivity contribution is -0.142. The van der Waals surface area contributed by atoms with Gasteiger partial charge in [-0.1, -0.05) is 11.6 Å². The first-order chi connectivity index (χ1) is 11.5. The molecule has 0 saturated carbocycles. The Bertz CT molecular complexity index is 746. The van der Waals surface area contributed by atoms with Gasteiger partial charge >= 0.3 is 5.97 Å². The van der Waals surface area contributed by atoms with Crippen molar-refractivity contribution in [3.8, 4) is 5.75 Å². The molecule has 0 radical (unpaired) electrons. The monoisotopic (exact) mass is 365 g/mol. The number of carboxylic acids is 1. The van der Waals surface area contributed by atoms with Crippen molar-refractivity contribution >= 4 is 28.9 Å². The lowest BCUT2D eigenvalue weighted by atomic mass is 10.0. The Morgan fingerprint density at radius 3 is 2.83 bits per heavy atom. The fraction of sp³-hybridized carbons (Fsp3) is 0.389. The number of ether oxygens (including phenoxy) is 1. The highest BCUT2D eigenvalue weighted by Gasteiger charge is 2.38. The summed E-state index contributed by atoms with van der Waals surface area (Å²) in [4.78, 5) is 16.1. The van der Waals surface area contributed by atoms with Gasteiger partial charge in [-0.05, 0) is 50.1 Å². The topological polar surface area (TPSA) is 49.8 Å². The van der Waals surface area contributed by atoms with Crippen molar-refractivity contribution < 1.29 is 14.6 Å². The van der Waals surface area contributed by atoms with Gasteiger partial charge in [0.2, 0.25) is 0 Å². The largest absolute Gasteiger partial charge is 0.496 e. The third kappa shape index (κ3) is 3.29. The zero-order valence-corrected chi connectivity index (χ0v) is 15.2. The predicted molar refractivity (Wildman–Crippen MR) is 96.3 cm³/mol. The van der Waals surface area contributed by atoms with Crippen molar-refractivity contribution in [3.63, 3.8) is 0 Å². The molecule has 4 nitrogen and oxygen atoms in total. The van der Waals surface area contributed by atoms with Crippen LogP contribution in [0.25, 0.3) is 0 Å². The van der Waals surface area contributed by atoms with E-state index < -0.39 is 12.0 Å². The van der Waals surface area contributed by atoms with Gasteiger partial charge < -0.3 is 9.84 Å². The molecule has 1 N–H and O–H groups in total. The van der Waals surface area contributed by atoms with Crippen LogP contribution in [0.5, 0.6) is 5.75 Å². The van der Waals surface area contributed by atoms with E-state index in [-0.39, 0.29) is 6.04 Å². The standard InChI is InChI=1S/C18H20ClNO3S/c1-11-5-8-16(24-11)17(20-9-3-4-14(20)18(21)22)13-10-12(19)6-7-15(13)23-2/h5-8,10,14,17H,3-4,9H2,1-2H3,(H,21,22). The van der Waals surface area contributed by atoms with Crippen LogP contribution in [0.15, 0.2) is 30.3 Å². The minimum Gasteiger partial charge on any atom is -0.496 e. The predicted octanol–water partition coefficient (Wildman–Crippen LogP) is 4.36. The van der Waals surface area contributed by atoms with Gasteiger partial charge in [-0.3, -0.25) is 9.69 Å². The Morgan fingerprint density at radius 2 is 2.21 bits per heavy atom. The number of halogens is 1. The maximum Gasteiger partial charge on any atom is 0.320 e. The van der Waals surface area contributed by atoms with Gasteiger partial charge in [-0.25, -0.2) is 0 Å². The third-order valence-electron chi connectivity index (χ3n) is 4.43. The molecule has 6 heteroatoms. The Balaban J connectivity index is 2.13. The summed E-state index contributed by atoms with van der Waals surface area (Å²) < 4.78 is 5.54. The van der Waals surface area contributed by atoms with E-state index in [0.29, 0.717) is 11.4 Å². The summed E-state index contributed by atoms with van der Waals surface area (Å²) in [5.41, 5.74) is 0.917. The molecule has 0 aliphatic carbocycles. The first kappa shape index (κ1) is 17.3. The Kier molecular flexibility index (Phi) is 5.13. The molecule has 2 heterocycles. The highest BCUT2D eigenvalue weighted by molar-refractivity contribution is 7.12. The highest BCUT2D eigenvalue weighted by atomic mass is 35.5. The number of hydrogen-bond acceptors (Lipinski definition) is 4. The summed E-state index contributed by atoms with van der Waals surface area (Å²) in [5.74, 6) is -0.0433. The van der Waals surface area contributed by atoms with Gasteiger partial charge in [-0.2, -0.15) is 0 Å². The Morgan fingerprint density at radius 1 is 1.42 bits per heavy atom. The summed E-state index contributed by atoms with van der Waals surface area (Å²) >= 11 is 7.91. The molecule has 1 aliphatic heterocycles. The lowest BCUT2D eigenvalue weighted by Crippen LogP contribution is -2.39. The molecule has 3 rings (SSSR count). The number of methoxy groups -OCH3 is 1. The lowest BCUT2D eigenvalue weighted by Gasteiger charge is -2.32. The summed E-state index contributed by atoms with van der Waals surface area (Å²) in [7, 11) is 1.63. The number of aliphatic carboxylic acids is 1. The number of aryl methyl sites for hydroxylation is 1.